The molecule has 7 nitrogen and oxygen atoms in total. The number of carbonyl (C=O) groups excluding carboxylic acids is 1. The van der Waals surface area contributed by atoms with Crippen molar-refractivity contribution in [3.05, 3.63) is 34.1 Å². The highest BCUT2D eigenvalue weighted by atomic mass is 19.1. The maximum Gasteiger partial charge on any atom is 0.354 e. The third-order valence-corrected chi connectivity index (χ3v) is 2.07. The summed E-state index contributed by atoms with van der Waals surface area (Å²) in [6, 6.07) is 2.97. The predicted molar refractivity (Wildman–Crippen MR) is 66.4 cm³/mol. The van der Waals surface area contributed by atoms with Gasteiger partial charge < -0.3 is 4.74 Å². The molecule has 0 aliphatic heterocycles. The summed E-state index contributed by atoms with van der Waals surface area (Å²) in [6.45, 7) is 3.23. The number of ether oxygens (including phenoxy) is 1. The van der Waals surface area contributed by atoms with Crippen LogP contribution in [0.1, 0.15) is 13.8 Å². The lowest BCUT2D eigenvalue weighted by atomic mass is 10.2. The lowest BCUT2D eigenvalue weighted by Gasteiger charge is -2.04. The van der Waals surface area contributed by atoms with E-state index >= 15 is 0 Å². The summed E-state index contributed by atoms with van der Waals surface area (Å²) in [6.07, 6.45) is 0. The third-order valence-electron chi connectivity index (χ3n) is 2.07. The number of nitrogens with zero attached hydrogens (tertiary/aromatic N) is 2. The monoisotopic (exact) mass is 269 g/mol. The summed E-state index contributed by atoms with van der Waals surface area (Å²) in [7, 11) is 0. The van der Waals surface area contributed by atoms with Crippen LogP contribution in [0.25, 0.3) is 0 Å². The molecule has 0 saturated heterocycles. The van der Waals surface area contributed by atoms with Gasteiger partial charge in [-0.3, -0.25) is 15.5 Å². The standard InChI is InChI=1S/C11H12FN3O4/c1-3-19-11(16)7(2)13-14-9-5-4-8(12)6-10(9)15(17)18/h4-6,14H,3H2,1-2H3/b13-7-. The summed E-state index contributed by atoms with van der Waals surface area (Å²) >= 11 is 0. The molecule has 1 aromatic carbocycles. The Morgan fingerprint density at radius 2 is 2.26 bits per heavy atom. The van der Waals surface area contributed by atoms with Crippen molar-refractivity contribution in [1.82, 2.24) is 0 Å². The van der Waals surface area contributed by atoms with Crippen LogP contribution in [0.3, 0.4) is 0 Å². The number of rotatable bonds is 5. The normalized spacial score (nSPS) is 11.0. The minimum atomic E-state index is -0.749. The number of carbonyl (C=O) groups is 1. The van der Waals surface area contributed by atoms with Crippen LogP contribution in [-0.4, -0.2) is 23.2 Å². The van der Waals surface area contributed by atoms with E-state index in [1.807, 2.05) is 0 Å². The van der Waals surface area contributed by atoms with Gasteiger partial charge in [0.25, 0.3) is 5.69 Å². The Kier molecular flexibility index (Phi) is 4.92. The molecule has 0 bridgehead atoms. The van der Waals surface area contributed by atoms with Crippen LogP contribution >= 0.6 is 0 Å². The second kappa shape index (κ2) is 6.43. The van der Waals surface area contributed by atoms with Crippen LogP contribution in [0.5, 0.6) is 0 Å². The second-order valence-electron chi connectivity index (χ2n) is 3.45. The number of nitro benzene ring substituents is 1. The van der Waals surface area contributed by atoms with Gasteiger partial charge in [0.15, 0.2) is 0 Å². The van der Waals surface area contributed by atoms with Crippen LogP contribution in [0.4, 0.5) is 15.8 Å². The van der Waals surface area contributed by atoms with Crippen molar-refractivity contribution in [2.45, 2.75) is 13.8 Å². The molecule has 0 amide bonds. The van der Waals surface area contributed by atoms with E-state index in [9.17, 15) is 19.3 Å². The maximum atomic E-state index is 12.9. The molecule has 0 unspecified atom stereocenters. The molecule has 0 radical (unpaired) electrons. The third kappa shape index (κ3) is 4.02. The van der Waals surface area contributed by atoms with Gasteiger partial charge in [-0.15, -0.1) is 0 Å². The zero-order valence-corrected chi connectivity index (χ0v) is 10.3. The molecule has 0 atom stereocenters. The number of halogens is 1. The first kappa shape index (κ1) is 14.6. The number of anilines is 1. The van der Waals surface area contributed by atoms with Crippen molar-refractivity contribution < 1.29 is 18.8 Å². The van der Waals surface area contributed by atoms with E-state index in [-0.39, 0.29) is 18.0 Å². The zero-order chi connectivity index (χ0) is 14.4. The molecule has 8 heteroatoms. The lowest BCUT2D eigenvalue weighted by molar-refractivity contribution is -0.384. The Hall–Kier alpha value is -2.51. The first-order valence-electron chi connectivity index (χ1n) is 5.37. The van der Waals surface area contributed by atoms with Crippen molar-refractivity contribution in [1.29, 1.82) is 0 Å². The number of hydrazone groups is 1. The number of nitro groups is 1. The lowest BCUT2D eigenvalue weighted by Crippen LogP contribution is -2.15. The van der Waals surface area contributed by atoms with E-state index in [0.29, 0.717) is 0 Å². The fraction of sp³-hybridized carbons (Fsp3) is 0.273. The summed E-state index contributed by atoms with van der Waals surface area (Å²) in [5, 5.41) is 14.4. The molecule has 0 heterocycles. The fourth-order valence-electron chi connectivity index (χ4n) is 1.18. The van der Waals surface area contributed by atoms with Crippen molar-refractivity contribution in [3.63, 3.8) is 0 Å². The Bertz CT molecular complexity index is 531. The smallest absolute Gasteiger partial charge is 0.354 e. The van der Waals surface area contributed by atoms with Crippen molar-refractivity contribution >= 4 is 23.1 Å². The topological polar surface area (TPSA) is 93.8 Å². The number of hydrogen-bond acceptors (Lipinski definition) is 6. The largest absolute Gasteiger partial charge is 0.461 e. The average Bonchev–Trinajstić information content (AvgIpc) is 2.36. The van der Waals surface area contributed by atoms with Crippen LogP contribution in [0.2, 0.25) is 0 Å². The van der Waals surface area contributed by atoms with E-state index in [1.165, 1.54) is 6.92 Å². The van der Waals surface area contributed by atoms with E-state index in [2.05, 4.69) is 15.3 Å². The van der Waals surface area contributed by atoms with Gasteiger partial charge in [0.2, 0.25) is 0 Å². The molecular formula is C11H12FN3O4. The molecule has 0 saturated carbocycles. The SMILES string of the molecule is CCOC(=O)/C(C)=N\Nc1ccc(F)cc1[N+](=O)[O-]. The molecule has 0 fully saturated rings. The molecule has 0 aliphatic carbocycles. The van der Waals surface area contributed by atoms with Gasteiger partial charge in [-0.25, -0.2) is 9.18 Å². The van der Waals surface area contributed by atoms with Gasteiger partial charge in [-0.05, 0) is 26.0 Å². The molecular weight excluding hydrogens is 257 g/mol. The van der Waals surface area contributed by atoms with Gasteiger partial charge in [-0.1, -0.05) is 0 Å². The van der Waals surface area contributed by atoms with E-state index in [4.69, 9.17) is 0 Å². The van der Waals surface area contributed by atoms with Crippen LogP contribution in [-0.2, 0) is 9.53 Å². The van der Waals surface area contributed by atoms with Crippen LogP contribution in [0.15, 0.2) is 23.3 Å². The van der Waals surface area contributed by atoms with E-state index < -0.39 is 22.4 Å². The van der Waals surface area contributed by atoms with Crippen molar-refractivity contribution in [2.75, 3.05) is 12.0 Å². The number of benzene rings is 1. The van der Waals surface area contributed by atoms with Crippen molar-refractivity contribution in [2.24, 2.45) is 5.10 Å². The van der Waals surface area contributed by atoms with E-state index in [0.717, 1.165) is 18.2 Å². The summed E-state index contributed by atoms with van der Waals surface area (Å²) in [5.74, 6) is -1.37. The molecule has 1 aromatic rings. The highest BCUT2D eigenvalue weighted by Gasteiger charge is 2.15. The van der Waals surface area contributed by atoms with Crippen molar-refractivity contribution in [3.8, 4) is 0 Å². The second-order valence-corrected chi connectivity index (χ2v) is 3.45. The molecule has 0 aromatic heterocycles. The highest BCUT2D eigenvalue weighted by molar-refractivity contribution is 6.35. The quantitative estimate of drug-likeness (QED) is 0.382. The Morgan fingerprint density at radius 3 is 2.84 bits per heavy atom. The fourth-order valence-corrected chi connectivity index (χ4v) is 1.18. The van der Waals surface area contributed by atoms with Gasteiger partial charge in [0.05, 0.1) is 17.6 Å². The van der Waals surface area contributed by atoms with Crippen LogP contribution in [0, 0.1) is 15.9 Å². The molecule has 102 valence electrons. The minimum absolute atomic E-state index is 0.000438. The molecule has 0 spiro atoms. The molecule has 1 N–H and O–H groups in total. The predicted octanol–water partition coefficient (Wildman–Crippen LogP) is 2.08. The number of nitrogens with one attached hydrogen (secondary N) is 1. The van der Waals surface area contributed by atoms with Gasteiger partial charge in [-0.2, -0.15) is 5.10 Å². The Balaban J connectivity index is 2.91. The minimum Gasteiger partial charge on any atom is -0.461 e. The first-order valence-corrected chi connectivity index (χ1v) is 5.37. The van der Waals surface area contributed by atoms with Gasteiger partial charge in [0.1, 0.15) is 17.2 Å². The Morgan fingerprint density at radius 1 is 1.58 bits per heavy atom. The maximum absolute atomic E-state index is 12.9. The first-order chi connectivity index (χ1) is 8.95. The molecule has 19 heavy (non-hydrogen) atoms. The van der Waals surface area contributed by atoms with Crippen LogP contribution < -0.4 is 5.43 Å². The summed E-state index contributed by atoms with van der Waals surface area (Å²) in [4.78, 5) is 21.2. The zero-order valence-electron chi connectivity index (χ0n) is 10.3. The Labute approximate surface area is 108 Å². The van der Waals surface area contributed by atoms with E-state index in [1.54, 1.807) is 6.92 Å². The molecule has 0 aliphatic rings. The number of esters is 1. The average molecular weight is 269 g/mol. The number of hydrogen-bond donors (Lipinski definition) is 1. The summed E-state index contributed by atoms with van der Waals surface area (Å²) in [5.41, 5.74) is 1.85. The highest BCUT2D eigenvalue weighted by Crippen LogP contribution is 2.24. The van der Waals surface area contributed by atoms with Gasteiger partial charge >= 0.3 is 5.97 Å². The summed E-state index contributed by atoms with van der Waals surface area (Å²) < 4.78 is 17.6. The molecule has 1 rings (SSSR count). The van der Waals surface area contributed by atoms with Gasteiger partial charge in [0, 0.05) is 0 Å².